The Bertz CT molecular complexity index is 4300. The van der Waals surface area contributed by atoms with Crippen molar-refractivity contribution in [2.24, 2.45) is 0 Å². The third-order valence-electron chi connectivity index (χ3n) is 15.7. The van der Waals surface area contributed by atoms with Crippen molar-refractivity contribution < 1.29 is 105 Å². The Balaban J connectivity index is 0.700. The molecule has 0 radical (unpaired) electrons. The Hall–Kier alpha value is -8.47. The molecule has 4 aromatic rings. The number of fused-ring (bicyclic) bond motifs is 4. The number of allylic oxidation sites excluding steroid dienone is 1. The first-order valence-corrected chi connectivity index (χ1v) is 35.1. The SMILES string of the molecule is CN(C)c1ccc2c(-c3ccc(C(=O)CCCNC(=O)CCCCOc4ccc5c(c4)Oc4ccccc4C5NC(=O)CCC(=O)CCC#CC4=CN(C5CC(O)C(COP(=O)([O-])CP(=O)([O-])OP(=O)(O)O)O5)C(=O)CC4=O)cc3C(=O)[O-])c3ccc(=[N+](C)C)cc-3oc2c1. The molecule has 4 aromatic carbocycles. The number of benzene rings is 5. The van der Waals surface area contributed by atoms with E-state index in [1.807, 2.05) is 80.1 Å². The lowest BCUT2D eigenvalue weighted by Gasteiger charge is -2.32. The Morgan fingerprint density at radius 3 is 2.33 bits per heavy atom. The van der Waals surface area contributed by atoms with Crippen molar-refractivity contribution in [2.75, 3.05) is 58.8 Å². The fourth-order valence-corrected chi connectivity index (χ4v) is 15.2. The summed E-state index contributed by atoms with van der Waals surface area (Å²) in [7, 11) is -8.95. The van der Waals surface area contributed by atoms with Gasteiger partial charge in [0.1, 0.15) is 68.4 Å². The van der Waals surface area contributed by atoms with Crippen LogP contribution in [0.15, 0.2) is 113 Å². The summed E-state index contributed by atoms with van der Waals surface area (Å²) in [6.45, 7) is -0.451. The second-order valence-corrected chi connectivity index (χ2v) is 28.6. The zero-order valence-corrected chi connectivity index (χ0v) is 54.7. The summed E-state index contributed by atoms with van der Waals surface area (Å²) in [5, 5.41) is 30.7. The Kier molecular flexibility index (Phi) is 22.8. The fourth-order valence-electron chi connectivity index (χ4n) is 10.9. The number of aromatic carboxylic acids is 1. The van der Waals surface area contributed by atoms with Gasteiger partial charge in [-0.3, -0.25) is 33.7 Å². The van der Waals surface area contributed by atoms with Crippen LogP contribution < -0.4 is 49.8 Å². The number of anilines is 1. The van der Waals surface area contributed by atoms with Gasteiger partial charge in [-0.25, -0.2) is 13.5 Å². The number of hydrogen-bond acceptors (Lipinski definition) is 21. The topological polar surface area (TPSA) is 393 Å². The van der Waals surface area contributed by atoms with Crippen molar-refractivity contribution >= 4 is 80.7 Å². The maximum absolute atomic E-state index is 13.5. The highest BCUT2D eigenvalue weighted by Crippen LogP contribution is 2.61. The number of carboxylic acids is 1. The van der Waals surface area contributed by atoms with Gasteiger partial charge in [0.25, 0.3) is 0 Å². The minimum Gasteiger partial charge on any atom is -0.778 e. The van der Waals surface area contributed by atoms with Gasteiger partial charge in [0.15, 0.2) is 19.2 Å². The second kappa shape index (κ2) is 30.5. The van der Waals surface area contributed by atoms with Gasteiger partial charge in [0.05, 0.1) is 55.3 Å². The number of amides is 3. The molecule has 0 saturated carbocycles. The van der Waals surface area contributed by atoms with Crippen molar-refractivity contribution in [3.63, 3.8) is 0 Å². The third-order valence-corrected chi connectivity index (χ3v) is 20.8. The van der Waals surface area contributed by atoms with E-state index in [9.17, 15) is 67.3 Å². The van der Waals surface area contributed by atoms with Crippen LogP contribution in [0.3, 0.4) is 0 Å². The predicted molar refractivity (Wildman–Crippen MR) is 337 cm³/mol. The minimum absolute atomic E-state index is 0.0203. The predicted octanol–water partition coefficient (Wildman–Crippen LogP) is 4.79. The lowest BCUT2D eigenvalue weighted by atomic mass is 9.89. The molecular weight excluding hydrogens is 1300 g/mol. The van der Waals surface area contributed by atoms with Gasteiger partial charge in [-0.2, -0.15) is 0 Å². The number of aliphatic hydroxyl groups excluding tert-OH is 1. The zero-order chi connectivity index (χ0) is 68.5. The first-order valence-electron chi connectivity index (χ1n) is 30.1. The maximum Gasteiger partial charge on any atom is 0.474 e. The first kappa shape index (κ1) is 70.8. The van der Waals surface area contributed by atoms with Crippen LogP contribution in [-0.2, 0) is 51.2 Å². The average molecular weight is 1360 g/mol. The Labute approximate surface area is 544 Å². The highest BCUT2D eigenvalue weighted by molar-refractivity contribution is 7.72. The molecule has 4 heterocycles. The molecule has 0 bridgehead atoms. The van der Waals surface area contributed by atoms with E-state index in [1.54, 1.807) is 48.5 Å². The number of carbonyl (C=O) groups is 7. The van der Waals surface area contributed by atoms with Gasteiger partial charge >= 0.3 is 7.82 Å². The lowest BCUT2D eigenvalue weighted by Crippen LogP contribution is -2.41. The van der Waals surface area contributed by atoms with E-state index in [1.165, 1.54) is 6.07 Å². The average Bonchev–Trinajstić information content (AvgIpc) is 0.801. The molecule has 0 spiro atoms. The molecule has 30 heteroatoms. The molecule has 4 aliphatic heterocycles. The standard InChI is InChI=1S/C65H70N5O22P3/c1-68(2)41-19-24-46-55(31-41)90-56-32-42(69(3)4)20-25-47(56)63(46)45-23-18-39(30-50(45)65(78)79)51(72)15-11-28-66-59(75)17-9-10-29-87-44-22-26-49-57(33-44)89-54-16-8-7-14-48(54)64(49)67-60(76)27-21-43(71)13-6-5-12-40-36-70(61(77)34-52(40)73)62-35-53(74)58(91-62)37-88-93(80,81)38-94(82,83)92-95(84,85)86/h7-8,14,16,18-20,22-26,30-33,36,53,58,62,64,74H,6,9-11,13,15,17,21,27-29,34-35,37-38H2,1-4H3,(H6-,66,67,75,76,78,79,80,81,82,83,84,85,86)/p-2. The van der Waals surface area contributed by atoms with E-state index in [0.717, 1.165) is 22.1 Å². The number of carboxylic acid groups (broad SMARTS) is 1. The molecule has 0 aromatic heterocycles. The van der Waals surface area contributed by atoms with Gasteiger partial charge in [-0.05, 0) is 67.3 Å². The highest BCUT2D eigenvalue weighted by atomic mass is 31.3. The zero-order valence-electron chi connectivity index (χ0n) is 52.0. The Morgan fingerprint density at radius 2 is 1.58 bits per heavy atom. The number of ketones is 3. The fraction of sp³-hybridized carbons (Fsp3) is 0.354. The van der Waals surface area contributed by atoms with Crippen molar-refractivity contribution in [1.82, 2.24) is 20.1 Å². The number of nitrogens with zero attached hydrogens (tertiary/aromatic N) is 3. The van der Waals surface area contributed by atoms with Crippen LogP contribution in [0, 0.1) is 11.8 Å². The summed E-state index contributed by atoms with van der Waals surface area (Å²) in [5.74, 6) is 1.35. The largest absolute Gasteiger partial charge is 0.778 e. The van der Waals surface area contributed by atoms with Crippen LogP contribution in [0.1, 0.15) is 109 Å². The number of carbonyl (C=O) groups excluding carboxylic acids is 7. The van der Waals surface area contributed by atoms with Gasteiger partial charge in [-0.1, -0.05) is 42.2 Å². The number of Topliss-reactive ketones (excluding diaryl/α,β-unsaturated/α-hetero) is 3. The number of rotatable bonds is 28. The number of ether oxygens (including phenoxy) is 3. The van der Waals surface area contributed by atoms with Crippen LogP contribution >= 0.6 is 23.0 Å². The smallest absolute Gasteiger partial charge is 0.474 e. The molecule has 9 rings (SSSR count). The molecule has 1 aliphatic carbocycles. The summed E-state index contributed by atoms with van der Waals surface area (Å²) >= 11 is 0. The monoisotopic (exact) mass is 1360 g/mol. The molecule has 502 valence electrons. The summed E-state index contributed by atoms with van der Waals surface area (Å²) < 4.78 is 69.2. The van der Waals surface area contributed by atoms with E-state index in [4.69, 9.17) is 28.4 Å². The number of aliphatic hydroxyl groups is 1. The number of nitrogens with one attached hydrogen (secondary N) is 2. The first-order chi connectivity index (χ1) is 45.0. The van der Waals surface area contributed by atoms with Crippen molar-refractivity contribution in [2.45, 2.75) is 95.1 Å². The van der Waals surface area contributed by atoms with E-state index in [2.05, 4.69) is 31.3 Å². The number of para-hydroxylation sites is 1. The maximum atomic E-state index is 13.5. The molecule has 95 heavy (non-hydrogen) atoms. The minimum atomic E-state index is -5.62. The second-order valence-electron chi connectivity index (χ2n) is 23.1. The molecule has 6 atom stereocenters. The molecular formula is C65H68N5O22P3-2. The molecule has 1 saturated heterocycles. The molecule has 1 fully saturated rings. The molecule has 3 amide bonds. The lowest BCUT2D eigenvalue weighted by molar-refractivity contribution is -0.255. The van der Waals surface area contributed by atoms with E-state index >= 15 is 0 Å². The number of hydrogen-bond donors (Lipinski definition) is 5. The van der Waals surface area contributed by atoms with Crippen LogP contribution in [0.2, 0.25) is 0 Å². The van der Waals surface area contributed by atoms with Crippen molar-refractivity contribution in [1.29, 1.82) is 0 Å². The summed E-state index contributed by atoms with van der Waals surface area (Å²) in [6.07, 6.45) is -2.76. The highest BCUT2D eigenvalue weighted by Gasteiger charge is 2.42. The number of phosphoric acid groups is 1. The van der Waals surface area contributed by atoms with E-state index < -0.39 is 90.0 Å². The van der Waals surface area contributed by atoms with Gasteiger partial charge in [0, 0.05) is 134 Å². The van der Waals surface area contributed by atoms with Crippen LogP contribution in [0.25, 0.3) is 33.4 Å². The summed E-state index contributed by atoms with van der Waals surface area (Å²) in [6, 6.07) is 27.7. The molecule has 5 N–H and O–H groups in total. The quantitative estimate of drug-likeness (QED) is 0.00838. The Morgan fingerprint density at radius 1 is 0.821 bits per heavy atom. The summed E-state index contributed by atoms with van der Waals surface area (Å²) in [5.41, 5.74) is 4.39. The molecule has 27 nitrogen and oxygen atoms in total. The summed E-state index contributed by atoms with van der Waals surface area (Å²) in [4.78, 5) is 135. The van der Waals surface area contributed by atoms with Crippen LogP contribution in [-0.4, -0.2) is 133 Å². The number of unbranched alkanes of at least 4 members (excludes halogenated alkanes) is 1. The molecule has 5 aliphatic rings. The van der Waals surface area contributed by atoms with E-state index in [-0.39, 0.29) is 92.3 Å². The van der Waals surface area contributed by atoms with Gasteiger partial charge < -0.3 is 82.4 Å². The van der Waals surface area contributed by atoms with Gasteiger partial charge in [-0.15, -0.1) is 0 Å². The third kappa shape index (κ3) is 18.5. The van der Waals surface area contributed by atoms with Crippen LogP contribution in [0.4, 0.5) is 5.69 Å². The van der Waals surface area contributed by atoms with E-state index in [0.29, 0.717) is 81.1 Å². The van der Waals surface area contributed by atoms with Crippen molar-refractivity contribution in [3.8, 4) is 51.5 Å². The normalized spacial score (nSPS) is 18.0. The molecule has 6 unspecified atom stereocenters. The van der Waals surface area contributed by atoms with Gasteiger partial charge in [0.2, 0.25) is 23.1 Å². The van der Waals surface area contributed by atoms with Crippen LogP contribution in [0.5, 0.6) is 17.2 Å². The van der Waals surface area contributed by atoms with Crippen molar-refractivity contribution in [3.05, 3.63) is 136 Å².